The number of rotatable bonds is 6. The lowest BCUT2D eigenvalue weighted by molar-refractivity contribution is -0.384. The van der Waals surface area contributed by atoms with E-state index in [2.05, 4.69) is 5.32 Å². The van der Waals surface area contributed by atoms with Crippen LogP contribution in [0.3, 0.4) is 0 Å². The summed E-state index contributed by atoms with van der Waals surface area (Å²) in [7, 11) is 0. The number of aryl methyl sites for hydroxylation is 1. The first-order valence-electron chi connectivity index (χ1n) is 6.48. The maximum absolute atomic E-state index is 12.2. The molecule has 0 saturated carbocycles. The van der Waals surface area contributed by atoms with Gasteiger partial charge in [-0.05, 0) is 30.9 Å². The van der Waals surface area contributed by atoms with Crippen LogP contribution in [0.15, 0.2) is 18.2 Å². The molecule has 5 nitrogen and oxygen atoms in total. The van der Waals surface area contributed by atoms with Crippen molar-refractivity contribution in [3.63, 3.8) is 0 Å². The van der Waals surface area contributed by atoms with E-state index < -0.39 is 4.92 Å². The Morgan fingerprint density at radius 2 is 2.10 bits per heavy atom. The number of carbonyl (C=O) groups is 1. The molecule has 6 heteroatoms. The fourth-order valence-electron chi connectivity index (χ4n) is 1.95. The van der Waals surface area contributed by atoms with E-state index in [9.17, 15) is 14.9 Å². The van der Waals surface area contributed by atoms with Crippen molar-refractivity contribution < 1.29 is 9.72 Å². The summed E-state index contributed by atoms with van der Waals surface area (Å²) >= 11 is 5.73. The van der Waals surface area contributed by atoms with Gasteiger partial charge in [0.15, 0.2) is 0 Å². The fourth-order valence-corrected chi connectivity index (χ4v) is 2.19. The Bertz CT molecular complexity index is 503. The SMILES string of the molecule is Cc1cc([N+](=O)[O-])ccc1C(=O)NC(CCCl)C(C)C. The molecule has 1 N–H and O–H groups in total. The number of nitrogens with one attached hydrogen (secondary N) is 1. The number of halogens is 1. The van der Waals surface area contributed by atoms with Gasteiger partial charge in [0.05, 0.1) is 4.92 Å². The zero-order valence-corrected chi connectivity index (χ0v) is 12.6. The van der Waals surface area contributed by atoms with Gasteiger partial charge in [-0.1, -0.05) is 13.8 Å². The number of alkyl halides is 1. The van der Waals surface area contributed by atoms with E-state index in [1.54, 1.807) is 6.92 Å². The third kappa shape index (κ3) is 4.20. The van der Waals surface area contributed by atoms with Gasteiger partial charge in [0.2, 0.25) is 0 Å². The highest BCUT2D eigenvalue weighted by Crippen LogP contribution is 2.18. The van der Waals surface area contributed by atoms with Crippen molar-refractivity contribution in [1.29, 1.82) is 0 Å². The van der Waals surface area contributed by atoms with E-state index in [1.807, 2.05) is 13.8 Å². The third-order valence-corrected chi connectivity index (χ3v) is 3.42. The van der Waals surface area contributed by atoms with Crippen molar-refractivity contribution in [1.82, 2.24) is 5.32 Å². The van der Waals surface area contributed by atoms with Crippen molar-refractivity contribution in [2.24, 2.45) is 5.92 Å². The molecule has 0 bridgehead atoms. The number of hydrogen-bond acceptors (Lipinski definition) is 3. The van der Waals surface area contributed by atoms with Gasteiger partial charge >= 0.3 is 0 Å². The van der Waals surface area contributed by atoms with E-state index in [1.165, 1.54) is 18.2 Å². The second-order valence-electron chi connectivity index (χ2n) is 5.06. The van der Waals surface area contributed by atoms with E-state index in [-0.39, 0.29) is 23.6 Å². The molecule has 0 heterocycles. The first-order chi connectivity index (χ1) is 9.36. The van der Waals surface area contributed by atoms with Crippen molar-refractivity contribution in [3.05, 3.63) is 39.4 Å². The van der Waals surface area contributed by atoms with Gasteiger partial charge in [-0.3, -0.25) is 14.9 Å². The summed E-state index contributed by atoms with van der Waals surface area (Å²) in [6.45, 7) is 5.72. The van der Waals surface area contributed by atoms with E-state index in [4.69, 9.17) is 11.6 Å². The topological polar surface area (TPSA) is 72.2 Å². The molecule has 0 aliphatic rings. The molecular weight excluding hydrogens is 280 g/mol. The van der Waals surface area contributed by atoms with Gasteiger partial charge in [0.25, 0.3) is 11.6 Å². The first kappa shape index (κ1) is 16.4. The van der Waals surface area contributed by atoms with Crippen LogP contribution in [0.1, 0.15) is 36.2 Å². The standard InChI is InChI=1S/C14H19ClN2O3/c1-9(2)13(6-7-15)16-14(18)12-5-4-11(17(19)20)8-10(12)3/h4-5,8-9,13H,6-7H2,1-3H3,(H,16,18). The highest BCUT2D eigenvalue weighted by Gasteiger charge is 2.19. The number of benzene rings is 1. The quantitative estimate of drug-likeness (QED) is 0.497. The molecule has 0 aliphatic carbocycles. The minimum absolute atomic E-state index is 0.00501. The molecule has 1 unspecified atom stereocenters. The van der Waals surface area contributed by atoms with Gasteiger partial charge in [0.1, 0.15) is 0 Å². The molecule has 20 heavy (non-hydrogen) atoms. The summed E-state index contributed by atoms with van der Waals surface area (Å²) in [5.41, 5.74) is 1.03. The van der Waals surface area contributed by atoms with E-state index in [0.717, 1.165) is 0 Å². The number of nitrogens with zero attached hydrogens (tertiary/aromatic N) is 1. The van der Waals surface area contributed by atoms with Crippen LogP contribution in [0.4, 0.5) is 5.69 Å². The number of nitro groups is 1. The molecular formula is C14H19ClN2O3. The maximum atomic E-state index is 12.2. The molecule has 0 spiro atoms. The molecule has 110 valence electrons. The highest BCUT2D eigenvalue weighted by atomic mass is 35.5. The van der Waals surface area contributed by atoms with Gasteiger partial charge in [-0.15, -0.1) is 11.6 Å². The summed E-state index contributed by atoms with van der Waals surface area (Å²) in [6.07, 6.45) is 0.691. The summed E-state index contributed by atoms with van der Waals surface area (Å²) in [5, 5.41) is 13.6. The van der Waals surface area contributed by atoms with Crippen LogP contribution in [-0.2, 0) is 0 Å². The van der Waals surface area contributed by atoms with Crippen molar-refractivity contribution in [2.75, 3.05) is 5.88 Å². The van der Waals surface area contributed by atoms with Crippen LogP contribution in [0.2, 0.25) is 0 Å². The van der Waals surface area contributed by atoms with Crippen molar-refractivity contribution >= 4 is 23.2 Å². The van der Waals surface area contributed by atoms with Crippen LogP contribution in [0.5, 0.6) is 0 Å². The Hall–Kier alpha value is -1.62. The van der Waals surface area contributed by atoms with Crippen LogP contribution >= 0.6 is 11.6 Å². The van der Waals surface area contributed by atoms with Crippen LogP contribution in [0, 0.1) is 23.0 Å². The Labute approximate surface area is 123 Å². The molecule has 1 amide bonds. The minimum Gasteiger partial charge on any atom is -0.349 e. The van der Waals surface area contributed by atoms with Crippen molar-refractivity contribution in [2.45, 2.75) is 33.2 Å². The zero-order chi connectivity index (χ0) is 15.3. The third-order valence-electron chi connectivity index (χ3n) is 3.21. The summed E-state index contributed by atoms with van der Waals surface area (Å²) < 4.78 is 0. The number of amides is 1. The van der Waals surface area contributed by atoms with E-state index >= 15 is 0 Å². The number of carbonyl (C=O) groups excluding carboxylic acids is 1. The largest absolute Gasteiger partial charge is 0.349 e. The Balaban J connectivity index is 2.89. The molecule has 0 saturated heterocycles. The summed E-state index contributed by atoms with van der Waals surface area (Å²) in [5.74, 6) is 0.528. The molecule has 0 fully saturated rings. The predicted molar refractivity (Wildman–Crippen MR) is 79.3 cm³/mol. The smallest absolute Gasteiger partial charge is 0.269 e. The van der Waals surface area contributed by atoms with Gasteiger partial charge in [-0.25, -0.2) is 0 Å². The second kappa shape index (κ2) is 7.24. The lowest BCUT2D eigenvalue weighted by Crippen LogP contribution is -2.39. The summed E-state index contributed by atoms with van der Waals surface area (Å²) in [4.78, 5) is 22.4. The molecule has 1 rings (SSSR count). The number of nitro benzene ring substituents is 1. The van der Waals surface area contributed by atoms with Gasteiger partial charge < -0.3 is 5.32 Å². The van der Waals surface area contributed by atoms with Crippen LogP contribution in [-0.4, -0.2) is 22.8 Å². The Morgan fingerprint density at radius 1 is 1.45 bits per heavy atom. The number of non-ortho nitro benzene ring substituents is 1. The zero-order valence-electron chi connectivity index (χ0n) is 11.9. The lowest BCUT2D eigenvalue weighted by Gasteiger charge is -2.21. The monoisotopic (exact) mass is 298 g/mol. The summed E-state index contributed by atoms with van der Waals surface area (Å²) in [6, 6.07) is 4.23. The van der Waals surface area contributed by atoms with Gasteiger partial charge in [-0.2, -0.15) is 0 Å². The normalized spacial score (nSPS) is 12.2. The molecule has 1 aromatic rings. The van der Waals surface area contributed by atoms with E-state index in [0.29, 0.717) is 23.4 Å². The molecule has 1 aromatic carbocycles. The van der Waals surface area contributed by atoms with Gasteiger partial charge in [0, 0.05) is 29.6 Å². The fraction of sp³-hybridized carbons (Fsp3) is 0.500. The lowest BCUT2D eigenvalue weighted by atomic mass is 10.0. The molecule has 0 aliphatic heterocycles. The maximum Gasteiger partial charge on any atom is 0.269 e. The van der Waals surface area contributed by atoms with Crippen LogP contribution in [0.25, 0.3) is 0 Å². The second-order valence-corrected chi connectivity index (χ2v) is 5.44. The molecule has 0 aromatic heterocycles. The predicted octanol–water partition coefficient (Wildman–Crippen LogP) is 3.29. The Morgan fingerprint density at radius 3 is 2.55 bits per heavy atom. The Kier molecular flexibility index (Phi) is 5.95. The first-order valence-corrected chi connectivity index (χ1v) is 7.02. The van der Waals surface area contributed by atoms with Crippen LogP contribution < -0.4 is 5.32 Å². The minimum atomic E-state index is -0.473. The number of hydrogen-bond donors (Lipinski definition) is 1. The van der Waals surface area contributed by atoms with Crippen molar-refractivity contribution in [3.8, 4) is 0 Å². The average Bonchev–Trinajstić information content (AvgIpc) is 2.37. The highest BCUT2D eigenvalue weighted by molar-refractivity contribution is 6.17. The molecule has 1 atom stereocenters. The molecule has 0 radical (unpaired) electrons. The average molecular weight is 299 g/mol.